The monoisotopic (exact) mass is 321 g/mol. The van der Waals surface area contributed by atoms with Crippen LogP contribution in [0.3, 0.4) is 0 Å². The Hall–Kier alpha value is -1.08. The third-order valence-corrected chi connectivity index (χ3v) is 6.08. The van der Waals surface area contributed by atoms with Crippen LogP contribution in [0.15, 0.2) is 29.2 Å². The number of sulfone groups is 1. The van der Waals surface area contributed by atoms with Crippen LogP contribution in [-0.4, -0.2) is 26.3 Å². The topological polar surface area (TPSA) is 46.2 Å². The zero-order valence-electron chi connectivity index (χ0n) is 11.7. The fraction of sp³-hybridized carbons (Fsp3) is 0.571. The number of hydrogen-bond donors (Lipinski definition) is 1. The Morgan fingerprint density at radius 2 is 2.00 bits per heavy atom. The third-order valence-electron chi connectivity index (χ3n) is 3.81. The van der Waals surface area contributed by atoms with Crippen molar-refractivity contribution in [1.29, 1.82) is 0 Å². The van der Waals surface area contributed by atoms with Crippen molar-refractivity contribution >= 4 is 9.84 Å². The Kier molecular flexibility index (Phi) is 4.63. The van der Waals surface area contributed by atoms with Crippen molar-refractivity contribution in [3.05, 3.63) is 29.8 Å². The number of nitrogens with one attached hydrogen (secondary N) is 1. The summed E-state index contributed by atoms with van der Waals surface area (Å²) in [5.74, 6) is 0. The molecule has 0 aromatic heterocycles. The summed E-state index contributed by atoms with van der Waals surface area (Å²) in [6.07, 6.45) is -2.56. The van der Waals surface area contributed by atoms with Crippen LogP contribution in [0.2, 0.25) is 0 Å². The van der Waals surface area contributed by atoms with E-state index in [1.54, 1.807) is 0 Å². The second kappa shape index (κ2) is 5.96. The second-order valence-electron chi connectivity index (χ2n) is 5.20. The van der Waals surface area contributed by atoms with Crippen molar-refractivity contribution in [3.63, 3.8) is 0 Å². The number of hydrogen-bond acceptors (Lipinski definition) is 3. The summed E-state index contributed by atoms with van der Waals surface area (Å²) < 4.78 is 63.4. The molecule has 2 unspecified atom stereocenters. The molecule has 0 radical (unpaired) electrons. The molecule has 1 N–H and O–H groups in total. The molecule has 1 saturated carbocycles. The first-order valence-electron chi connectivity index (χ1n) is 6.91. The van der Waals surface area contributed by atoms with Gasteiger partial charge in [0.1, 0.15) is 0 Å². The van der Waals surface area contributed by atoms with Gasteiger partial charge in [0.05, 0.1) is 15.7 Å². The predicted molar refractivity (Wildman–Crippen MR) is 73.7 cm³/mol. The van der Waals surface area contributed by atoms with Crippen molar-refractivity contribution in [2.24, 2.45) is 0 Å². The first kappa shape index (κ1) is 16.3. The number of halogens is 3. The smallest absolute Gasteiger partial charge is 0.313 e. The minimum Gasteiger partial charge on any atom is -0.313 e. The van der Waals surface area contributed by atoms with Gasteiger partial charge in [-0.3, -0.25) is 0 Å². The van der Waals surface area contributed by atoms with Gasteiger partial charge in [0, 0.05) is 6.04 Å². The van der Waals surface area contributed by atoms with Crippen LogP contribution in [-0.2, 0) is 16.0 Å². The quantitative estimate of drug-likeness (QED) is 0.927. The van der Waals surface area contributed by atoms with E-state index in [4.69, 9.17) is 0 Å². The van der Waals surface area contributed by atoms with Crippen molar-refractivity contribution < 1.29 is 21.6 Å². The van der Waals surface area contributed by atoms with E-state index in [0.29, 0.717) is 13.0 Å². The van der Waals surface area contributed by atoms with E-state index in [0.717, 1.165) is 31.0 Å². The number of alkyl halides is 3. The maximum Gasteiger partial charge on any atom is 0.416 e. The number of benzene rings is 1. The molecular formula is C14H18F3NO2S. The van der Waals surface area contributed by atoms with Crippen molar-refractivity contribution in [2.75, 3.05) is 6.54 Å². The second-order valence-corrected chi connectivity index (χ2v) is 7.37. The normalized spacial score (nSPS) is 23.4. The van der Waals surface area contributed by atoms with Crippen LogP contribution in [0.5, 0.6) is 0 Å². The highest BCUT2D eigenvalue weighted by molar-refractivity contribution is 7.92. The van der Waals surface area contributed by atoms with Crippen LogP contribution in [0.1, 0.15) is 31.7 Å². The van der Waals surface area contributed by atoms with Gasteiger partial charge in [-0.1, -0.05) is 19.4 Å². The van der Waals surface area contributed by atoms with E-state index in [1.165, 1.54) is 6.07 Å². The third kappa shape index (κ3) is 3.40. The minimum atomic E-state index is -4.54. The lowest BCUT2D eigenvalue weighted by Gasteiger charge is -2.21. The first-order valence-corrected chi connectivity index (χ1v) is 8.46. The largest absolute Gasteiger partial charge is 0.416 e. The summed E-state index contributed by atoms with van der Waals surface area (Å²) in [7, 11) is -3.76. The highest BCUT2D eigenvalue weighted by Crippen LogP contribution is 2.34. The molecule has 3 nitrogen and oxygen atoms in total. The van der Waals surface area contributed by atoms with Crippen LogP contribution in [0.4, 0.5) is 13.2 Å². The van der Waals surface area contributed by atoms with Gasteiger partial charge in [0.25, 0.3) is 0 Å². The van der Waals surface area contributed by atoms with Gasteiger partial charge in [0.2, 0.25) is 0 Å². The van der Waals surface area contributed by atoms with E-state index in [-0.39, 0.29) is 10.9 Å². The van der Waals surface area contributed by atoms with Gasteiger partial charge in [-0.15, -0.1) is 0 Å². The summed E-state index contributed by atoms with van der Waals surface area (Å²) in [6.45, 7) is 2.52. The molecule has 0 amide bonds. The molecule has 0 heterocycles. The fourth-order valence-electron chi connectivity index (χ4n) is 2.82. The maximum absolute atomic E-state index is 12.7. The van der Waals surface area contributed by atoms with Crippen LogP contribution >= 0.6 is 0 Å². The summed E-state index contributed by atoms with van der Waals surface area (Å²) in [5.41, 5.74) is -0.929. The van der Waals surface area contributed by atoms with E-state index >= 15 is 0 Å². The Labute approximate surface area is 122 Å². The lowest BCUT2D eigenvalue weighted by Crippen LogP contribution is -2.40. The van der Waals surface area contributed by atoms with E-state index in [2.05, 4.69) is 5.32 Å². The fourth-order valence-corrected chi connectivity index (χ4v) is 4.87. The summed E-state index contributed by atoms with van der Waals surface area (Å²) >= 11 is 0. The summed E-state index contributed by atoms with van der Waals surface area (Å²) in [6, 6.07) is 3.82. The molecule has 1 aromatic carbocycles. The predicted octanol–water partition coefficient (Wildman–Crippen LogP) is 3.01. The SMILES string of the molecule is CCNC1CCCC1S(=O)(=O)c1cccc(C(F)(F)F)c1. The zero-order valence-corrected chi connectivity index (χ0v) is 12.5. The Morgan fingerprint density at radius 1 is 1.29 bits per heavy atom. The standard InChI is InChI=1S/C14H18F3NO2S/c1-2-18-12-7-4-8-13(12)21(19,20)11-6-3-5-10(9-11)14(15,16)17/h3,5-6,9,12-13,18H,2,4,7-8H2,1H3. The number of rotatable bonds is 4. The van der Waals surface area contributed by atoms with Gasteiger partial charge in [-0.25, -0.2) is 8.42 Å². The van der Waals surface area contributed by atoms with Gasteiger partial charge < -0.3 is 5.32 Å². The van der Waals surface area contributed by atoms with Gasteiger partial charge >= 0.3 is 6.18 Å². The summed E-state index contributed by atoms with van der Waals surface area (Å²) in [4.78, 5) is -0.243. The first-order chi connectivity index (χ1) is 9.76. The molecule has 2 rings (SSSR count). The molecule has 1 aliphatic carbocycles. The molecule has 1 aromatic rings. The lowest BCUT2D eigenvalue weighted by molar-refractivity contribution is -0.137. The molecule has 118 valence electrons. The highest BCUT2D eigenvalue weighted by Gasteiger charge is 2.39. The molecule has 1 aliphatic rings. The molecular weight excluding hydrogens is 303 g/mol. The highest BCUT2D eigenvalue weighted by atomic mass is 32.2. The molecule has 0 spiro atoms. The van der Waals surface area contributed by atoms with Gasteiger partial charge in [-0.2, -0.15) is 13.2 Å². The molecule has 2 atom stereocenters. The molecule has 0 bridgehead atoms. The zero-order chi connectivity index (χ0) is 15.7. The Bertz CT molecular complexity index is 598. The van der Waals surface area contributed by atoms with E-state index in [9.17, 15) is 21.6 Å². The maximum atomic E-state index is 12.7. The lowest BCUT2D eigenvalue weighted by atomic mass is 10.2. The Morgan fingerprint density at radius 3 is 2.62 bits per heavy atom. The summed E-state index contributed by atoms with van der Waals surface area (Å²) in [5, 5.41) is 2.46. The molecule has 0 saturated heterocycles. The van der Waals surface area contributed by atoms with Crippen LogP contribution < -0.4 is 5.32 Å². The van der Waals surface area contributed by atoms with Crippen molar-refractivity contribution in [1.82, 2.24) is 5.32 Å². The van der Waals surface area contributed by atoms with Crippen LogP contribution in [0, 0.1) is 0 Å². The average molecular weight is 321 g/mol. The molecule has 21 heavy (non-hydrogen) atoms. The Balaban J connectivity index is 2.36. The van der Waals surface area contributed by atoms with Crippen molar-refractivity contribution in [3.8, 4) is 0 Å². The van der Waals surface area contributed by atoms with E-state index in [1.807, 2.05) is 6.92 Å². The average Bonchev–Trinajstić information content (AvgIpc) is 2.87. The van der Waals surface area contributed by atoms with Crippen LogP contribution in [0.25, 0.3) is 0 Å². The van der Waals surface area contributed by atoms with Gasteiger partial charge in [-0.05, 0) is 37.6 Å². The van der Waals surface area contributed by atoms with Crippen molar-refractivity contribution in [2.45, 2.75) is 48.5 Å². The van der Waals surface area contributed by atoms with Gasteiger partial charge in [0.15, 0.2) is 9.84 Å². The molecule has 1 fully saturated rings. The van der Waals surface area contributed by atoms with E-state index < -0.39 is 26.8 Å². The molecule has 7 heteroatoms. The molecule has 0 aliphatic heterocycles. The minimum absolute atomic E-state index is 0.186.